The smallest absolute Gasteiger partial charge is 0.242 e. The molecule has 1 aromatic carbocycles. The second kappa shape index (κ2) is 6.39. The Bertz CT molecular complexity index is 435. The van der Waals surface area contributed by atoms with E-state index in [9.17, 15) is 4.79 Å². The third-order valence-corrected chi connectivity index (χ3v) is 4.15. The molecule has 19 heavy (non-hydrogen) atoms. The van der Waals surface area contributed by atoms with Gasteiger partial charge in [0.1, 0.15) is 0 Å². The maximum absolute atomic E-state index is 12.1. The van der Waals surface area contributed by atoms with Gasteiger partial charge in [-0.1, -0.05) is 15.9 Å². The van der Waals surface area contributed by atoms with E-state index in [0.717, 1.165) is 29.7 Å². The van der Waals surface area contributed by atoms with Crippen molar-refractivity contribution in [1.82, 2.24) is 10.2 Å². The first kappa shape index (κ1) is 14.3. The van der Waals surface area contributed by atoms with Crippen LogP contribution in [0, 0.1) is 0 Å². The Balaban J connectivity index is 2.09. The summed E-state index contributed by atoms with van der Waals surface area (Å²) in [7, 11) is 3.85. The van der Waals surface area contributed by atoms with Crippen LogP contribution >= 0.6 is 15.9 Å². The summed E-state index contributed by atoms with van der Waals surface area (Å²) >= 11 is 3.43. The normalized spacial score (nSPS) is 19.9. The second-order valence-electron chi connectivity index (χ2n) is 4.91. The van der Waals surface area contributed by atoms with Gasteiger partial charge in [0.05, 0.1) is 12.6 Å². The van der Waals surface area contributed by atoms with Crippen LogP contribution in [0.5, 0.6) is 0 Å². The predicted molar refractivity (Wildman–Crippen MR) is 81.5 cm³/mol. The summed E-state index contributed by atoms with van der Waals surface area (Å²) in [6, 6.07) is 8.41. The minimum Gasteiger partial charge on any atom is -0.360 e. The molecule has 0 radical (unpaired) electrons. The number of anilines is 1. The van der Waals surface area contributed by atoms with Crippen molar-refractivity contribution in [2.45, 2.75) is 12.5 Å². The number of nitrogens with one attached hydrogen (secondary N) is 1. The van der Waals surface area contributed by atoms with Gasteiger partial charge in [0.15, 0.2) is 0 Å². The quantitative estimate of drug-likeness (QED) is 0.915. The summed E-state index contributed by atoms with van der Waals surface area (Å²) in [6.45, 7) is 2.29. The van der Waals surface area contributed by atoms with Crippen molar-refractivity contribution in [3.8, 4) is 0 Å². The summed E-state index contributed by atoms with van der Waals surface area (Å²) in [5, 5.41) is 3.15. The van der Waals surface area contributed by atoms with Crippen LogP contribution in [0.4, 0.5) is 5.69 Å². The molecule has 1 aliphatic heterocycles. The number of benzene rings is 1. The topological polar surface area (TPSA) is 35.6 Å². The molecule has 1 aromatic rings. The summed E-state index contributed by atoms with van der Waals surface area (Å²) in [6.07, 6.45) is 0.978. The summed E-state index contributed by atoms with van der Waals surface area (Å²) in [5.74, 6) is 0.190. The lowest BCUT2D eigenvalue weighted by Gasteiger charge is -2.40. The van der Waals surface area contributed by atoms with Gasteiger partial charge in [-0.05, 0) is 44.3 Å². The van der Waals surface area contributed by atoms with Crippen LogP contribution in [0.3, 0.4) is 0 Å². The molecule has 0 saturated carbocycles. The molecular formula is C14H20BrN3O. The number of likely N-dealkylation sites (N-methyl/N-ethyl adjacent to an activating group) is 1. The number of hydrogen-bond donors (Lipinski definition) is 1. The third kappa shape index (κ3) is 3.48. The highest BCUT2D eigenvalue weighted by molar-refractivity contribution is 9.10. The average molecular weight is 326 g/mol. The number of rotatable bonds is 4. The van der Waals surface area contributed by atoms with Crippen molar-refractivity contribution in [1.29, 1.82) is 0 Å². The summed E-state index contributed by atoms with van der Waals surface area (Å²) < 4.78 is 1.06. The molecule has 0 aliphatic carbocycles. The van der Waals surface area contributed by atoms with Gasteiger partial charge < -0.3 is 15.1 Å². The molecule has 1 unspecified atom stereocenters. The van der Waals surface area contributed by atoms with Gasteiger partial charge >= 0.3 is 0 Å². The zero-order chi connectivity index (χ0) is 13.8. The number of carbonyl (C=O) groups is 1. The molecule has 5 heteroatoms. The molecule has 1 N–H and O–H groups in total. The lowest BCUT2D eigenvalue weighted by Crippen LogP contribution is -2.55. The number of hydrogen-bond acceptors (Lipinski definition) is 3. The molecule has 2 rings (SSSR count). The standard InChI is InChI=1S/C14H20BrN3O/c1-16-8-7-13-9-18(10-14(19)17(13)2)12-5-3-11(15)4-6-12/h3-6,13,16H,7-10H2,1-2H3. The van der Waals surface area contributed by atoms with Crippen molar-refractivity contribution in [2.75, 3.05) is 38.6 Å². The van der Waals surface area contributed by atoms with Gasteiger partial charge in [-0.25, -0.2) is 0 Å². The molecule has 1 atom stereocenters. The third-order valence-electron chi connectivity index (χ3n) is 3.62. The van der Waals surface area contributed by atoms with Gasteiger partial charge in [0, 0.05) is 23.8 Å². The maximum Gasteiger partial charge on any atom is 0.242 e. The van der Waals surface area contributed by atoms with E-state index in [2.05, 4.69) is 38.3 Å². The Morgan fingerprint density at radius 3 is 2.68 bits per heavy atom. The molecule has 1 amide bonds. The molecule has 0 bridgehead atoms. The lowest BCUT2D eigenvalue weighted by molar-refractivity contribution is -0.132. The van der Waals surface area contributed by atoms with Crippen molar-refractivity contribution >= 4 is 27.5 Å². The Kier molecular flexibility index (Phi) is 4.82. The number of amides is 1. The fourth-order valence-corrected chi connectivity index (χ4v) is 2.63. The number of nitrogens with zero attached hydrogens (tertiary/aromatic N) is 2. The first-order chi connectivity index (χ1) is 9.11. The molecule has 0 spiro atoms. The van der Waals surface area contributed by atoms with Crippen LogP contribution in [-0.4, -0.2) is 50.6 Å². The highest BCUT2D eigenvalue weighted by Crippen LogP contribution is 2.22. The maximum atomic E-state index is 12.1. The van der Waals surface area contributed by atoms with Gasteiger partial charge in [-0.2, -0.15) is 0 Å². The molecule has 4 nitrogen and oxygen atoms in total. The summed E-state index contributed by atoms with van der Waals surface area (Å²) in [4.78, 5) is 16.1. The molecule has 1 heterocycles. The highest BCUT2D eigenvalue weighted by Gasteiger charge is 2.29. The van der Waals surface area contributed by atoms with Gasteiger partial charge in [-0.3, -0.25) is 4.79 Å². The van der Waals surface area contributed by atoms with Crippen LogP contribution in [0.25, 0.3) is 0 Å². The number of piperazine rings is 1. The SMILES string of the molecule is CNCCC1CN(c2ccc(Br)cc2)CC(=O)N1C. The van der Waals surface area contributed by atoms with Crippen LogP contribution in [-0.2, 0) is 4.79 Å². The minimum absolute atomic E-state index is 0.190. The molecule has 1 aliphatic rings. The van der Waals surface area contributed by atoms with E-state index in [-0.39, 0.29) is 11.9 Å². The van der Waals surface area contributed by atoms with Crippen molar-refractivity contribution in [3.63, 3.8) is 0 Å². The zero-order valence-corrected chi connectivity index (χ0v) is 13.0. The Labute approximate surface area is 122 Å². The van der Waals surface area contributed by atoms with Crippen LogP contribution in [0.15, 0.2) is 28.7 Å². The van der Waals surface area contributed by atoms with E-state index in [1.165, 1.54) is 0 Å². The van der Waals surface area contributed by atoms with Crippen LogP contribution < -0.4 is 10.2 Å². The second-order valence-corrected chi connectivity index (χ2v) is 5.82. The van der Waals surface area contributed by atoms with Gasteiger partial charge in [0.2, 0.25) is 5.91 Å². The van der Waals surface area contributed by atoms with Crippen molar-refractivity contribution in [2.24, 2.45) is 0 Å². The molecule has 0 aromatic heterocycles. The number of halogens is 1. The van der Waals surface area contributed by atoms with Crippen molar-refractivity contribution < 1.29 is 4.79 Å². The largest absolute Gasteiger partial charge is 0.360 e. The molecular weight excluding hydrogens is 306 g/mol. The minimum atomic E-state index is 0.190. The first-order valence-corrected chi connectivity index (χ1v) is 7.32. The van der Waals surface area contributed by atoms with E-state index in [4.69, 9.17) is 0 Å². The van der Waals surface area contributed by atoms with Gasteiger partial charge in [-0.15, -0.1) is 0 Å². The van der Waals surface area contributed by atoms with Crippen molar-refractivity contribution in [3.05, 3.63) is 28.7 Å². The monoisotopic (exact) mass is 325 g/mol. The van der Waals surface area contributed by atoms with Crippen LogP contribution in [0.2, 0.25) is 0 Å². The van der Waals surface area contributed by atoms with Crippen LogP contribution in [0.1, 0.15) is 6.42 Å². The zero-order valence-electron chi connectivity index (χ0n) is 11.4. The summed E-state index contributed by atoms with van der Waals surface area (Å²) in [5.41, 5.74) is 1.11. The van der Waals surface area contributed by atoms with E-state index in [0.29, 0.717) is 6.54 Å². The van der Waals surface area contributed by atoms with E-state index < -0.39 is 0 Å². The average Bonchev–Trinajstić information content (AvgIpc) is 2.41. The van der Waals surface area contributed by atoms with Gasteiger partial charge in [0.25, 0.3) is 0 Å². The van der Waals surface area contributed by atoms with E-state index in [1.807, 2.05) is 31.1 Å². The molecule has 1 fully saturated rings. The molecule has 104 valence electrons. The lowest BCUT2D eigenvalue weighted by atomic mass is 10.1. The first-order valence-electron chi connectivity index (χ1n) is 6.52. The fraction of sp³-hybridized carbons (Fsp3) is 0.500. The Morgan fingerprint density at radius 2 is 2.05 bits per heavy atom. The van der Waals surface area contributed by atoms with E-state index in [1.54, 1.807) is 0 Å². The fourth-order valence-electron chi connectivity index (χ4n) is 2.36. The number of carbonyl (C=O) groups excluding carboxylic acids is 1. The Hall–Kier alpha value is -1.07. The predicted octanol–water partition coefficient (Wildman–Crippen LogP) is 1.71. The van der Waals surface area contributed by atoms with E-state index >= 15 is 0 Å². The highest BCUT2D eigenvalue weighted by atomic mass is 79.9. The Morgan fingerprint density at radius 1 is 1.37 bits per heavy atom. The molecule has 1 saturated heterocycles.